The summed E-state index contributed by atoms with van der Waals surface area (Å²) in [5.41, 5.74) is 6.17. The molecule has 1 heterocycles. The number of ether oxygens (including phenoxy) is 1. The van der Waals surface area contributed by atoms with Gasteiger partial charge < -0.3 is 19.6 Å². The first kappa shape index (κ1) is 26.8. The summed E-state index contributed by atoms with van der Waals surface area (Å²) in [5, 5.41) is 12.8. The van der Waals surface area contributed by atoms with Gasteiger partial charge in [-0.3, -0.25) is 0 Å². The van der Waals surface area contributed by atoms with Crippen molar-refractivity contribution < 1.29 is 56.6 Å². The number of amides is 1. The molecule has 0 spiro atoms. The zero-order valence-electron chi connectivity index (χ0n) is 20.4. The standard InChI is InChI=1S/C29H24NO6.Y/c1-16-11-23-18(14-27(31)36-26(23)12-17(16)2)13-25(28(32)33)30-29(34)35-15-24-21-9-5-3-7-19(21)20-8-4-6-10-22(20)24;/h3-11,14,24-25H,13,15H2,1-2H3,(H,30,34)(H,32,33);/q-1;. The van der Waals surface area contributed by atoms with Gasteiger partial charge in [-0.05, 0) is 28.7 Å². The molecular weight excluding hydrogens is 547 g/mol. The molecule has 37 heavy (non-hydrogen) atoms. The first-order valence-corrected chi connectivity index (χ1v) is 11.6. The summed E-state index contributed by atoms with van der Waals surface area (Å²) in [6, 6.07) is 20.7. The van der Waals surface area contributed by atoms with Crippen LogP contribution in [0.4, 0.5) is 4.79 Å². The fourth-order valence-corrected chi connectivity index (χ4v) is 4.77. The third-order valence-corrected chi connectivity index (χ3v) is 6.70. The van der Waals surface area contributed by atoms with Gasteiger partial charge >= 0.3 is 17.7 Å². The molecule has 2 N–H and O–H groups in total. The summed E-state index contributed by atoms with van der Waals surface area (Å²) < 4.78 is 10.7. The van der Waals surface area contributed by atoms with E-state index in [0.29, 0.717) is 10.9 Å². The molecule has 1 amide bonds. The van der Waals surface area contributed by atoms with Gasteiger partial charge in [-0.2, -0.15) is 17.2 Å². The van der Waals surface area contributed by atoms with Crippen LogP contribution in [0.2, 0.25) is 0 Å². The van der Waals surface area contributed by atoms with Crippen molar-refractivity contribution in [2.45, 2.75) is 32.2 Å². The second kappa shape index (κ2) is 11.0. The van der Waals surface area contributed by atoms with E-state index in [9.17, 15) is 19.5 Å². The average molecular weight is 571 g/mol. The van der Waals surface area contributed by atoms with Crippen molar-refractivity contribution in [2.75, 3.05) is 6.61 Å². The van der Waals surface area contributed by atoms with Crippen molar-refractivity contribution in [3.05, 3.63) is 105 Å². The Bertz CT molecular complexity index is 1510. The third kappa shape index (κ3) is 5.38. The summed E-state index contributed by atoms with van der Waals surface area (Å²) in [6.45, 7) is 3.81. The van der Waals surface area contributed by atoms with Crippen LogP contribution < -0.4 is 10.9 Å². The minimum absolute atomic E-state index is 0. The Hall–Kier alpha value is -3.29. The SMILES string of the molecule is Cc1[c-]c2oc(=O)cc(CC(NC(=O)OCC3c4ccccc4-c4ccccc43)C(=O)O)c2cc1C.[Y]. The summed E-state index contributed by atoms with van der Waals surface area (Å²) in [6.07, 6.45) is -0.951. The summed E-state index contributed by atoms with van der Waals surface area (Å²) in [4.78, 5) is 36.7. The maximum atomic E-state index is 12.7. The first-order valence-electron chi connectivity index (χ1n) is 11.6. The number of aryl methyl sites for hydroxylation is 2. The Morgan fingerprint density at radius 1 is 1.05 bits per heavy atom. The van der Waals surface area contributed by atoms with Gasteiger partial charge in [-0.1, -0.05) is 73.3 Å². The van der Waals surface area contributed by atoms with E-state index < -0.39 is 23.7 Å². The number of carboxylic acid groups (broad SMARTS) is 1. The number of hydrogen-bond donors (Lipinski definition) is 2. The molecule has 5 rings (SSSR count). The largest absolute Gasteiger partial charge is 0.480 e. The van der Waals surface area contributed by atoms with Gasteiger partial charge in [-0.25, -0.2) is 14.4 Å². The molecule has 185 valence electrons. The third-order valence-electron chi connectivity index (χ3n) is 6.70. The van der Waals surface area contributed by atoms with Gasteiger partial charge in [0.15, 0.2) is 0 Å². The van der Waals surface area contributed by atoms with Crippen molar-refractivity contribution >= 4 is 23.0 Å². The van der Waals surface area contributed by atoms with Gasteiger partial charge in [-0.15, -0.1) is 6.07 Å². The number of alkyl carbamates (subject to hydrolysis) is 1. The van der Waals surface area contributed by atoms with Crippen LogP contribution in [0.3, 0.4) is 0 Å². The Labute approximate surface area is 238 Å². The Morgan fingerprint density at radius 2 is 1.68 bits per heavy atom. The predicted octanol–water partition coefficient (Wildman–Crippen LogP) is 4.74. The molecule has 1 aliphatic carbocycles. The number of fused-ring (bicyclic) bond motifs is 4. The molecule has 1 aliphatic rings. The van der Waals surface area contributed by atoms with Gasteiger partial charge in [0.25, 0.3) is 0 Å². The molecule has 1 aromatic heterocycles. The quantitative estimate of drug-likeness (QED) is 0.256. The molecule has 0 aliphatic heterocycles. The van der Waals surface area contributed by atoms with Crippen LogP contribution in [0.1, 0.15) is 33.7 Å². The molecule has 1 atom stereocenters. The molecular formula is C29H24NO6Y-. The van der Waals surface area contributed by atoms with Gasteiger partial charge in [0.05, 0.1) is 0 Å². The second-order valence-electron chi connectivity index (χ2n) is 8.98. The van der Waals surface area contributed by atoms with E-state index in [1.54, 1.807) is 0 Å². The molecule has 0 saturated heterocycles. The van der Waals surface area contributed by atoms with Crippen molar-refractivity contribution in [1.82, 2.24) is 5.32 Å². The van der Waals surface area contributed by atoms with E-state index in [1.807, 2.05) is 68.4 Å². The summed E-state index contributed by atoms with van der Waals surface area (Å²) in [5.74, 6) is -1.38. The van der Waals surface area contributed by atoms with Crippen molar-refractivity contribution in [1.29, 1.82) is 0 Å². The molecule has 0 saturated carbocycles. The number of carbonyl (C=O) groups is 2. The number of rotatable bonds is 6. The van der Waals surface area contributed by atoms with E-state index in [1.165, 1.54) is 6.07 Å². The summed E-state index contributed by atoms with van der Waals surface area (Å²) >= 11 is 0. The Morgan fingerprint density at radius 3 is 2.30 bits per heavy atom. The minimum Gasteiger partial charge on any atom is -0.480 e. The minimum atomic E-state index is -1.30. The first-order chi connectivity index (χ1) is 17.3. The van der Waals surface area contributed by atoms with Crippen molar-refractivity contribution in [3.63, 3.8) is 0 Å². The van der Waals surface area contributed by atoms with Crippen LogP contribution in [0.15, 0.2) is 69.9 Å². The molecule has 1 radical (unpaired) electrons. The zero-order valence-corrected chi connectivity index (χ0v) is 23.2. The maximum Gasteiger partial charge on any atom is 0.407 e. The second-order valence-corrected chi connectivity index (χ2v) is 8.98. The van der Waals surface area contributed by atoms with Crippen LogP contribution in [-0.4, -0.2) is 29.8 Å². The molecule has 0 bridgehead atoms. The van der Waals surface area contributed by atoms with Crippen LogP contribution in [0, 0.1) is 19.9 Å². The average Bonchev–Trinajstić information content (AvgIpc) is 3.17. The van der Waals surface area contributed by atoms with E-state index >= 15 is 0 Å². The fourth-order valence-electron chi connectivity index (χ4n) is 4.77. The van der Waals surface area contributed by atoms with Crippen LogP contribution in [-0.2, 0) is 48.7 Å². The number of benzene rings is 3. The molecule has 1 unspecified atom stereocenters. The normalized spacial score (nSPS) is 12.8. The fraction of sp³-hybridized carbons (Fsp3) is 0.207. The van der Waals surface area contributed by atoms with Gasteiger partial charge in [0.1, 0.15) is 12.6 Å². The van der Waals surface area contributed by atoms with Gasteiger partial charge in [0, 0.05) is 50.3 Å². The predicted molar refractivity (Wildman–Crippen MR) is 134 cm³/mol. The topological polar surface area (TPSA) is 106 Å². The monoisotopic (exact) mass is 571 g/mol. The van der Waals surface area contributed by atoms with Crippen LogP contribution in [0.25, 0.3) is 22.1 Å². The molecule has 8 heteroatoms. The number of carbonyl (C=O) groups excluding carboxylic acids is 1. The van der Waals surface area contributed by atoms with E-state index in [2.05, 4.69) is 11.4 Å². The molecule has 0 fully saturated rings. The maximum absolute atomic E-state index is 12.7. The zero-order chi connectivity index (χ0) is 25.4. The van der Waals surface area contributed by atoms with E-state index in [4.69, 9.17) is 9.15 Å². The Kier molecular flexibility index (Phi) is 7.95. The molecule has 7 nitrogen and oxygen atoms in total. The van der Waals surface area contributed by atoms with Crippen molar-refractivity contribution in [2.24, 2.45) is 0 Å². The molecule has 3 aromatic carbocycles. The van der Waals surface area contributed by atoms with E-state index in [-0.39, 0.29) is 57.2 Å². The van der Waals surface area contributed by atoms with Crippen LogP contribution >= 0.6 is 0 Å². The number of nitrogens with one attached hydrogen (secondary N) is 1. The Balaban J connectivity index is 0.00000320. The summed E-state index contributed by atoms with van der Waals surface area (Å²) in [7, 11) is 0. The number of aliphatic carboxylic acids is 1. The van der Waals surface area contributed by atoms with E-state index in [0.717, 1.165) is 33.4 Å². The van der Waals surface area contributed by atoms with Crippen LogP contribution in [0.5, 0.6) is 0 Å². The molecule has 4 aromatic rings. The number of hydrogen-bond acceptors (Lipinski definition) is 5. The van der Waals surface area contributed by atoms with Crippen molar-refractivity contribution in [3.8, 4) is 11.1 Å². The smallest absolute Gasteiger partial charge is 0.407 e. The number of carboxylic acids is 1. The van der Waals surface area contributed by atoms with Gasteiger partial charge in [0.2, 0.25) is 0 Å².